The third-order valence-electron chi connectivity index (χ3n) is 7.83. The summed E-state index contributed by atoms with van der Waals surface area (Å²) < 4.78 is 7.98. The van der Waals surface area contributed by atoms with Gasteiger partial charge in [-0.05, 0) is 65.1 Å². The molecule has 2 aromatic carbocycles. The van der Waals surface area contributed by atoms with Crippen LogP contribution in [0.15, 0.2) is 78.4 Å². The van der Waals surface area contributed by atoms with E-state index >= 15 is 0 Å². The molecule has 0 radical (unpaired) electrons. The van der Waals surface area contributed by atoms with Crippen LogP contribution in [0.1, 0.15) is 49.7 Å². The number of allylic oxidation sites excluding steroid dienone is 5. The SMILES string of the molecule is CN(C)c1ccc(C(=C2C=CC(=[N+](C)C)C=C2)c2ccc(OCCCC(=O)NCCNC(=O)CCC(=O)ON3C(=O)CCC3=O)cc2)cc1. The molecule has 2 aromatic rings. The summed E-state index contributed by atoms with van der Waals surface area (Å²) in [5.74, 6) is -1.87. The third kappa shape index (κ3) is 10.7. The zero-order chi connectivity index (χ0) is 35.3. The molecule has 0 atom stereocenters. The molecule has 4 amide bonds. The fourth-order valence-corrected chi connectivity index (χ4v) is 5.09. The minimum Gasteiger partial charge on any atom is -0.494 e. The summed E-state index contributed by atoms with van der Waals surface area (Å²) in [4.78, 5) is 65.8. The molecule has 0 spiro atoms. The number of hydroxylamine groups is 2. The molecule has 0 unspecified atom stereocenters. The van der Waals surface area contributed by atoms with E-state index in [1.165, 1.54) is 0 Å². The first-order chi connectivity index (χ1) is 23.5. The molecule has 1 aliphatic heterocycles. The van der Waals surface area contributed by atoms with Crippen molar-refractivity contribution < 1.29 is 38.1 Å². The molecule has 49 heavy (non-hydrogen) atoms. The summed E-state index contributed by atoms with van der Waals surface area (Å²) in [6.07, 6.45) is 8.82. The molecule has 1 saturated heterocycles. The smallest absolute Gasteiger partial charge is 0.333 e. The normalized spacial score (nSPS) is 13.8. The first kappa shape index (κ1) is 36.3. The van der Waals surface area contributed by atoms with E-state index in [2.05, 4.69) is 68.7 Å². The minimum absolute atomic E-state index is 0.000965. The number of carbonyl (C=O) groups excluding carboxylic acids is 5. The van der Waals surface area contributed by atoms with E-state index in [-0.39, 0.29) is 51.1 Å². The maximum absolute atomic E-state index is 12.2. The van der Waals surface area contributed by atoms with Gasteiger partial charge >= 0.3 is 5.97 Å². The van der Waals surface area contributed by atoms with Crippen molar-refractivity contribution in [3.63, 3.8) is 0 Å². The molecule has 1 heterocycles. The van der Waals surface area contributed by atoms with Gasteiger partial charge in [-0.1, -0.05) is 24.3 Å². The van der Waals surface area contributed by atoms with Crippen LogP contribution < -0.4 is 20.3 Å². The lowest BCUT2D eigenvalue weighted by Crippen LogP contribution is -2.35. The average molecular weight is 671 g/mol. The Balaban J connectivity index is 1.19. The van der Waals surface area contributed by atoms with Gasteiger partial charge in [0.25, 0.3) is 11.8 Å². The topological polar surface area (TPSA) is 137 Å². The van der Waals surface area contributed by atoms with Crippen molar-refractivity contribution in [2.45, 2.75) is 38.5 Å². The Bertz CT molecular complexity index is 1630. The lowest BCUT2D eigenvalue weighted by atomic mass is 9.90. The molecule has 1 aliphatic carbocycles. The molecule has 2 aliphatic rings. The number of hydrogen-bond donors (Lipinski definition) is 2. The minimum atomic E-state index is -0.842. The maximum atomic E-state index is 12.2. The highest BCUT2D eigenvalue weighted by Crippen LogP contribution is 2.32. The Morgan fingerprint density at radius 3 is 1.88 bits per heavy atom. The number of rotatable bonds is 15. The van der Waals surface area contributed by atoms with Crippen LogP contribution in [0.4, 0.5) is 5.69 Å². The van der Waals surface area contributed by atoms with Gasteiger partial charge in [-0.2, -0.15) is 0 Å². The fraction of sp³-hybridized carbons (Fsp3) is 0.351. The Hall–Kier alpha value is -5.52. The molecule has 0 aromatic heterocycles. The largest absolute Gasteiger partial charge is 0.494 e. The summed E-state index contributed by atoms with van der Waals surface area (Å²) in [6.45, 7) is 0.773. The van der Waals surface area contributed by atoms with Gasteiger partial charge in [0.2, 0.25) is 11.8 Å². The number of hydrogen-bond acceptors (Lipinski definition) is 8. The highest BCUT2D eigenvalue weighted by atomic mass is 16.7. The summed E-state index contributed by atoms with van der Waals surface area (Å²) >= 11 is 0. The molecule has 0 bridgehead atoms. The lowest BCUT2D eigenvalue weighted by Gasteiger charge is -2.17. The molecular formula is C37H44N5O7+. The van der Waals surface area contributed by atoms with E-state index in [4.69, 9.17) is 9.57 Å². The van der Waals surface area contributed by atoms with E-state index in [1.54, 1.807) is 0 Å². The van der Waals surface area contributed by atoms with Crippen LogP contribution in [0, 0.1) is 0 Å². The van der Waals surface area contributed by atoms with E-state index in [1.807, 2.05) is 52.5 Å². The standard InChI is InChI=1S/C37H43N5O7/c1-40(2)29-13-7-26(8-14-29)37(27-9-15-30(16-10-27)41(3)4)28-11-17-31(18-12-28)48-25-5-6-32(43)38-23-24-39-33(44)19-22-36(47)49-42-34(45)20-21-35(42)46/h7-18H,5-6,19-25H2,1-4H3,(H-,38,39,43,44)/p+1. The van der Waals surface area contributed by atoms with Gasteiger partial charge in [-0.15, -0.1) is 5.06 Å². The van der Waals surface area contributed by atoms with E-state index in [0.29, 0.717) is 23.8 Å². The lowest BCUT2D eigenvalue weighted by molar-refractivity contribution is -0.462. The Kier molecular flexibility index (Phi) is 13.0. The van der Waals surface area contributed by atoms with E-state index in [9.17, 15) is 24.0 Å². The van der Waals surface area contributed by atoms with Crippen molar-refractivity contribution in [1.82, 2.24) is 15.7 Å². The van der Waals surface area contributed by atoms with Gasteiger partial charge in [-0.25, -0.2) is 9.37 Å². The monoisotopic (exact) mass is 670 g/mol. The first-order valence-electron chi connectivity index (χ1n) is 16.3. The van der Waals surface area contributed by atoms with Crippen molar-refractivity contribution in [2.75, 3.05) is 52.8 Å². The highest BCUT2D eigenvalue weighted by Gasteiger charge is 2.32. The van der Waals surface area contributed by atoms with Crippen LogP contribution in [-0.2, 0) is 28.8 Å². The van der Waals surface area contributed by atoms with E-state index < -0.39 is 23.7 Å². The zero-order valence-electron chi connectivity index (χ0n) is 28.5. The number of benzene rings is 2. The van der Waals surface area contributed by atoms with Crippen LogP contribution in [0.5, 0.6) is 5.75 Å². The fourth-order valence-electron chi connectivity index (χ4n) is 5.09. The molecule has 1 fully saturated rings. The zero-order valence-corrected chi connectivity index (χ0v) is 28.5. The second kappa shape index (κ2) is 17.6. The van der Waals surface area contributed by atoms with Crippen LogP contribution in [0.25, 0.3) is 5.57 Å². The summed E-state index contributed by atoms with van der Waals surface area (Å²) in [6, 6.07) is 16.5. The van der Waals surface area contributed by atoms with Crippen LogP contribution >= 0.6 is 0 Å². The van der Waals surface area contributed by atoms with E-state index in [0.717, 1.165) is 33.7 Å². The van der Waals surface area contributed by atoms with Crippen LogP contribution in [-0.4, -0.2) is 92.8 Å². The van der Waals surface area contributed by atoms with Crippen molar-refractivity contribution in [2.24, 2.45) is 0 Å². The highest BCUT2D eigenvalue weighted by molar-refractivity contribution is 6.04. The van der Waals surface area contributed by atoms with Gasteiger partial charge in [0, 0.05) is 70.7 Å². The second-order valence-corrected chi connectivity index (χ2v) is 12.0. The number of amides is 4. The number of anilines is 1. The molecule has 258 valence electrons. The third-order valence-corrected chi connectivity index (χ3v) is 7.83. The second-order valence-electron chi connectivity index (χ2n) is 12.0. The van der Waals surface area contributed by atoms with Crippen molar-refractivity contribution in [1.29, 1.82) is 0 Å². The maximum Gasteiger partial charge on any atom is 0.333 e. The molecule has 2 N–H and O–H groups in total. The summed E-state index contributed by atoms with van der Waals surface area (Å²) in [5.41, 5.74) is 6.65. The number of imide groups is 1. The average Bonchev–Trinajstić information content (AvgIpc) is 3.41. The van der Waals surface area contributed by atoms with Crippen LogP contribution in [0.2, 0.25) is 0 Å². The molecule has 0 saturated carbocycles. The predicted molar refractivity (Wildman–Crippen MR) is 186 cm³/mol. The van der Waals surface area contributed by atoms with Crippen molar-refractivity contribution in [3.05, 3.63) is 89.5 Å². The quantitative estimate of drug-likeness (QED) is 0.168. The number of carbonyl (C=O) groups is 5. The van der Waals surface area contributed by atoms with Gasteiger partial charge in [0.15, 0.2) is 5.71 Å². The number of ether oxygens (including phenoxy) is 1. The first-order valence-corrected chi connectivity index (χ1v) is 16.3. The van der Waals surface area contributed by atoms with Gasteiger partial charge in [-0.3, -0.25) is 19.2 Å². The van der Waals surface area contributed by atoms with Gasteiger partial charge < -0.3 is 25.1 Å². The van der Waals surface area contributed by atoms with Gasteiger partial charge in [0.1, 0.15) is 19.8 Å². The van der Waals surface area contributed by atoms with Gasteiger partial charge in [0.05, 0.1) is 13.0 Å². The number of nitrogens with zero attached hydrogens (tertiary/aromatic N) is 3. The Morgan fingerprint density at radius 1 is 0.776 bits per heavy atom. The Labute approximate surface area is 286 Å². The summed E-state index contributed by atoms with van der Waals surface area (Å²) in [5, 5.41) is 5.79. The molecule has 12 heteroatoms. The number of nitrogens with one attached hydrogen (secondary N) is 2. The predicted octanol–water partition coefficient (Wildman–Crippen LogP) is 3.17. The summed E-state index contributed by atoms with van der Waals surface area (Å²) in [7, 11) is 8.09. The molecule has 12 nitrogen and oxygen atoms in total. The van der Waals surface area contributed by atoms with Crippen molar-refractivity contribution >= 4 is 46.6 Å². The molecule has 4 rings (SSSR count). The Morgan fingerprint density at radius 2 is 1.33 bits per heavy atom. The molecular weight excluding hydrogens is 626 g/mol. The van der Waals surface area contributed by atoms with Crippen molar-refractivity contribution in [3.8, 4) is 5.75 Å². The van der Waals surface area contributed by atoms with Crippen LogP contribution in [0.3, 0.4) is 0 Å².